The van der Waals surface area contributed by atoms with Gasteiger partial charge in [0.15, 0.2) is 0 Å². The van der Waals surface area contributed by atoms with Crippen LogP contribution in [0.25, 0.3) is 0 Å². The third kappa shape index (κ3) is 2.55. The number of methoxy groups -OCH3 is 1. The first kappa shape index (κ1) is 11.4. The van der Waals surface area contributed by atoms with E-state index in [2.05, 4.69) is 22.3 Å². The molecule has 2 aromatic rings. The van der Waals surface area contributed by atoms with Gasteiger partial charge in [0.2, 0.25) is 5.88 Å². The number of aromatic nitrogens is 3. The molecule has 0 bridgehead atoms. The fraction of sp³-hybridized carbons (Fsp3) is 0.333. The predicted molar refractivity (Wildman–Crippen MR) is 66.0 cm³/mol. The van der Waals surface area contributed by atoms with Crippen molar-refractivity contribution in [1.82, 2.24) is 14.8 Å². The van der Waals surface area contributed by atoms with E-state index in [1.165, 1.54) is 0 Å². The standard InChI is InChI=1S/C12H16N4O/c1-9(10-7-14-16(2)8-10)15-11-5-4-6-13-12(11)17-3/h4-9,15H,1-3H3. The van der Waals surface area contributed by atoms with Crippen LogP contribution in [-0.4, -0.2) is 21.9 Å². The number of anilines is 1. The summed E-state index contributed by atoms with van der Waals surface area (Å²) in [5, 5.41) is 7.50. The molecule has 1 N–H and O–H groups in total. The first-order valence-corrected chi connectivity index (χ1v) is 5.45. The summed E-state index contributed by atoms with van der Waals surface area (Å²) in [7, 11) is 3.52. The van der Waals surface area contributed by atoms with Crippen LogP contribution in [0.3, 0.4) is 0 Å². The molecule has 1 atom stereocenters. The minimum atomic E-state index is 0.154. The average Bonchev–Trinajstić information content (AvgIpc) is 2.77. The second-order valence-electron chi connectivity index (χ2n) is 3.87. The molecule has 0 spiro atoms. The molecular weight excluding hydrogens is 216 g/mol. The number of hydrogen-bond donors (Lipinski definition) is 1. The van der Waals surface area contributed by atoms with Gasteiger partial charge in [0.05, 0.1) is 25.0 Å². The summed E-state index contributed by atoms with van der Waals surface area (Å²) < 4.78 is 6.98. The number of rotatable bonds is 4. The van der Waals surface area contributed by atoms with E-state index in [0.717, 1.165) is 11.3 Å². The van der Waals surface area contributed by atoms with Crippen molar-refractivity contribution in [1.29, 1.82) is 0 Å². The van der Waals surface area contributed by atoms with E-state index in [9.17, 15) is 0 Å². The van der Waals surface area contributed by atoms with Gasteiger partial charge in [-0.1, -0.05) is 0 Å². The maximum Gasteiger partial charge on any atom is 0.237 e. The van der Waals surface area contributed by atoms with E-state index in [4.69, 9.17) is 4.74 Å². The van der Waals surface area contributed by atoms with E-state index in [-0.39, 0.29) is 6.04 Å². The third-order valence-corrected chi connectivity index (χ3v) is 2.56. The molecule has 1 unspecified atom stereocenters. The molecule has 5 heteroatoms. The molecule has 0 saturated heterocycles. The molecule has 2 aromatic heterocycles. The molecule has 2 heterocycles. The van der Waals surface area contributed by atoms with Gasteiger partial charge in [-0.05, 0) is 19.1 Å². The Morgan fingerprint density at radius 3 is 2.94 bits per heavy atom. The fourth-order valence-corrected chi connectivity index (χ4v) is 1.64. The van der Waals surface area contributed by atoms with Crippen LogP contribution in [0.4, 0.5) is 5.69 Å². The molecule has 0 aliphatic carbocycles. The fourth-order valence-electron chi connectivity index (χ4n) is 1.64. The lowest BCUT2D eigenvalue weighted by Gasteiger charge is -2.15. The zero-order chi connectivity index (χ0) is 12.3. The highest BCUT2D eigenvalue weighted by Gasteiger charge is 2.10. The Bertz CT molecular complexity index is 495. The van der Waals surface area contributed by atoms with Crippen LogP contribution >= 0.6 is 0 Å². The highest BCUT2D eigenvalue weighted by molar-refractivity contribution is 5.53. The van der Waals surface area contributed by atoms with Crippen LogP contribution < -0.4 is 10.1 Å². The van der Waals surface area contributed by atoms with Crippen molar-refractivity contribution in [3.8, 4) is 5.88 Å². The summed E-state index contributed by atoms with van der Waals surface area (Å²) in [6.07, 6.45) is 5.54. The summed E-state index contributed by atoms with van der Waals surface area (Å²) in [5.74, 6) is 0.600. The third-order valence-electron chi connectivity index (χ3n) is 2.56. The molecule has 0 radical (unpaired) electrons. The number of ether oxygens (including phenoxy) is 1. The topological polar surface area (TPSA) is 52.0 Å². The van der Waals surface area contributed by atoms with Crippen LogP contribution in [0.5, 0.6) is 5.88 Å². The Morgan fingerprint density at radius 1 is 1.47 bits per heavy atom. The van der Waals surface area contributed by atoms with E-state index in [0.29, 0.717) is 5.88 Å². The van der Waals surface area contributed by atoms with Crippen molar-refractivity contribution in [3.05, 3.63) is 36.3 Å². The Kier molecular flexibility index (Phi) is 3.27. The molecular formula is C12H16N4O. The van der Waals surface area contributed by atoms with Crippen molar-refractivity contribution in [2.75, 3.05) is 12.4 Å². The number of aryl methyl sites for hydroxylation is 1. The van der Waals surface area contributed by atoms with Gasteiger partial charge in [0.1, 0.15) is 0 Å². The number of nitrogens with zero attached hydrogens (tertiary/aromatic N) is 3. The van der Waals surface area contributed by atoms with Gasteiger partial charge in [-0.15, -0.1) is 0 Å². The molecule has 2 rings (SSSR count). The zero-order valence-electron chi connectivity index (χ0n) is 10.2. The second-order valence-corrected chi connectivity index (χ2v) is 3.87. The lowest BCUT2D eigenvalue weighted by atomic mass is 10.2. The monoisotopic (exact) mass is 232 g/mol. The normalized spacial score (nSPS) is 12.2. The molecule has 0 aliphatic rings. The number of nitrogens with one attached hydrogen (secondary N) is 1. The Hall–Kier alpha value is -2.04. The van der Waals surface area contributed by atoms with E-state index >= 15 is 0 Å². The summed E-state index contributed by atoms with van der Waals surface area (Å²) in [5.41, 5.74) is 2.00. The van der Waals surface area contributed by atoms with Crippen molar-refractivity contribution in [2.24, 2.45) is 7.05 Å². The maximum atomic E-state index is 5.19. The van der Waals surface area contributed by atoms with E-state index in [1.807, 2.05) is 31.6 Å². The smallest absolute Gasteiger partial charge is 0.237 e. The molecule has 0 fully saturated rings. The molecule has 5 nitrogen and oxygen atoms in total. The minimum absolute atomic E-state index is 0.154. The zero-order valence-corrected chi connectivity index (χ0v) is 10.2. The van der Waals surface area contributed by atoms with Crippen LogP contribution in [0.1, 0.15) is 18.5 Å². The van der Waals surface area contributed by atoms with Crippen molar-refractivity contribution in [2.45, 2.75) is 13.0 Å². The largest absolute Gasteiger partial charge is 0.480 e. The molecule has 90 valence electrons. The summed E-state index contributed by atoms with van der Waals surface area (Å²) in [4.78, 5) is 4.14. The molecule has 0 aromatic carbocycles. The van der Waals surface area contributed by atoms with Crippen LogP contribution in [0.15, 0.2) is 30.7 Å². The Balaban J connectivity index is 2.15. The van der Waals surface area contributed by atoms with E-state index in [1.54, 1.807) is 18.0 Å². The van der Waals surface area contributed by atoms with Crippen LogP contribution in [0.2, 0.25) is 0 Å². The second kappa shape index (κ2) is 4.86. The Morgan fingerprint density at radius 2 is 2.29 bits per heavy atom. The minimum Gasteiger partial charge on any atom is -0.480 e. The maximum absolute atomic E-state index is 5.19. The quantitative estimate of drug-likeness (QED) is 0.876. The molecule has 0 amide bonds. The first-order chi connectivity index (χ1) is 8.20. The number of pyridine rings is 1. The van der Waals surface area contributed by atoms with Crippen molar-refractivity contribution in [3.63, 3.8) is 0 Å². The van der Waals surface area contributed by atoms with Gasteiger partial charge in [-0.25, -0.2) is 4.98 Å². The number of hydrogen-bond acceptors (Lipinski definition) is 4. The van der Waals surface area contributed by atoms with Gasteiger partial charge < -0.3 is 10.1 Å². The summed E-state index contributed by atoms with van der Waals surface area (Å²) >= 11 is 0. The van der Waals surface area contributed by atoms with Gasteiger partial charge in [-0.3, -0.25) is 4.68 Å². The SMILES string of the molecule is COc1ncccc1NC(C)c1cnn(C)c1. The highest BCUT2D eigenvalue weighted by Crippen LogP contribution is 2.25. The van der Waals surface area contributed by atoms with Gasteiger partial charge >= 0.3 is 0 Å². The molecule has 17 heavy (non-hydrogen) atoms. The van der Waals surface area contributed by atoms with Gasteiger partial charge in [0, 0.05) is 25.0 Å². The Labute approximate surface area is 100 Å². The van der Waals surface area contributed by atoms with E-state index < -0.39 is 0 Å². The summed E-state index contributed by atoms with van der Waals surface area (Å²) in [6.45, 7) is 2.07. The first-order valence-electron chi connectivity index (χ1n) is 5.45. The van der Waals surface area contributed by atoms with Crippen LogP contribution in [-0.2, 0) is 7.05 Å². The highest BCUT2D eigenvalue weighted by atomic mass is 16.5. The average molecular weight is 232 g/mol. The predicted octanol–water partition coefficient (Wildman–Crippen LogP) is 2.00. The van der Waals surface area contributed by atoms with Crippen molar-refractivity contribution < 1.29 is 4.74 Å². The van der Waals surface area contributed by atoms with Crippen molar-refractivity contribution >= 4 is 5.69 Å². The molecule has 0 saturated carbocycles. The van der Waals surface area contributed by atoms with Gasteiger partial charge in [-0.2, -0.15) is 5.10 Å². The van der Waals surface area contributed by atoms with Crippen LogP contribution in [0, 0.1) is 0 Å². The lowest BCUT2D eigenvalue weighted by molar-refractivity contribution is 0.399. The van der Waals surface area contributed by atoms with Gasteiger partial charge in [0.25, 0.3) is 0 Å². The summed E-state index contributed by atoms with van der Waals surface area (Å²) in [6, 6.07) is 3.97. The molecule has 0 aliphatic heterocycles. The lowest BCUT2D eigenvalue weighted by Crippen LogP contribution is -2.07.